The molecule has 0 saturated heterocycles. The van der Waals surface area contributed by atoms with Crippen molar-refractivity contribution in [3.63, 3.8) is 0 Å². The van der Waals surface area contributed by atoms with Gasteiger partial charge in [0.1, 0.15) is 6.10 Å². The second-order valence-corrected chi connectivity index (χ2v) is 3.36. The second-order valence-electron chi connectivity index (χ2n) is 3.36. The highest BCUT2D eigenvalue weighted by molar-refractivity contribution is 5.93. The maximum atomic E-state index is 13.2. The van der Waals surface area contributed by atoms with Crippen LogP contribution in [0, 0.1) is 5.82 Å². The molecular formula is C10H9F4NO3. The zero-order valence-electron chi connectivity index (χ0n) is 9.08. The van der Waals surface area contributed by atoms with Gasteiger partial charge in [-0.3, -0.25) is 4.79 Å². The summed E-state index contributed by atoms with van der Waals surface area (Å²) in [4.78, 5) is 11.0. The van der Waals surface area contributed by atoms with E-state index in [2.05, 4.69) is 10.1 Å². The van der Waals surface area contributed by atoms with Gasteiger partial charge in [-0.15, -0.1) is 13.2 Å². The van der Waals surface area contributed by atoms with Crippen molar-refractivity contribution >= 4 is 11.6 Å². The minimum atomic E-state index is -4.99. The van der Waals surface area contributed by atoms with Crippen LogP contribution in [0.3, 0.4) is 0 Å². The lowest BCUT2D eigenvalue weighted by Crippen LogP contribution is -2.24. The van der Waals surface area contributed by atoms with Crippen LogP contribution in [0.15, 0.2) is 18.2 Å². The Morgan fingerprint density at radius 3 is 2.50 bits per heavy atom. The Morgan fingerprint density at radius 1 is 1.44 bits per heavy atom. The van der Waals surface area contributed by atoms with Crippen molar-refractivity contribution in [2.24, 2.45) is 0 Å². The molecule has 2 N–H and O–H groups in total. The van der Waals surface area contributed by atoms with Crippen LogP contribution >= 0.6 is 0 Å². The number of carbonyl (C=O) groups is 1. The number of anilines is 1. The largest absolute Gasteiger partial charge is 0.573 e. The first-order chi connectivity index (χ1) is 8.19. The number of aliphatic hydroxyl groups is 1. The van der Waals surface area contributed by atoms with E-state index in [-0.39, 0.29) is 5.69 Å². The third kappa shape index (κ3) is 4.21. The summed E-state index contributed by atoms with van der Waals surface area (Å²) in [6.45, 7) is 1.19. The number of halogens is 4. The summed E-state index contributed by atoms with van der Waals surface area (Å²) in [5.41, 5.74) is -0.0899. The molecule has 1 aromatic rings. The minimum Gasteiger partial charge on any atom is -0.403 e. The van der Waals surface area contributed by atoms with Crippen molar-refractivity contribution in [1.82, 2.24) is 0 Å². The van der Waals surface area contributed by atoms with Gasteiger partial charge < -0.3 is 15.2 Å². The normalized spacial score (nSPS) is 13.0. The number of rotatable bonds is 3. The summed E-state index contributed by atoms with van der Waals surface area (Å²) in [6, 6.07) is 2.40. The Kier molecular flexibility index (Phi) is 4.12. The highest BCUT2D eigenvalue weighted by Gasteiger charge is 2.32. The number of carbonyl (C=O) groups excluding carboxylic acids is 1. The van der Waals surface area contributed by atoms with Crippen LogP contribution in [0.5, 0.6) is 5.75 Å². The number of aliphatic hydroxyl groups excluding tert-OH is 1. The van der Waals surface area contributed by atoms with Crippen molar-refractivity contribution in [2.75, 3.05) is 5.32 Å². The molecular weight excluding hydrogens is 258 g/mol. The zero-order chi connectivity index (χ0) is 13.9. The third-order valence-corrected chi connectivity index (χ3v) is 1.80. The van der Waals surface area contributed by atoms with Gasteiger partial charge in [0.05, 0.1) is 0 Å². The molecule has 1 atom stereocenters. The fourth-order valence-corrected chi connectivity index (χ4v) is 1.03. The van der Waals surface area contributed by atoms with E-state index >= 15 is 0 Å². The molecule has 0 heterocycles. The molecule has 1 unspecified atom stereocenters. The summed E-state index contributed by atoms with van der Waals surface area (Å²) in [6.07, 6.45) is -6.32. The summed E-state index contributed by atoms with van der Waals surface area (Å²) < 4.78 is 52.1. The number of alkyl halides is 3. The fraction of sp³-hybridized carbons (Fsp3) is 0.300. The van der Waals surface area contributed by atoms with E-state index in [1.807, 2.05) is 0 Å². The number of hydrogen-bond acceptors (Lipinski definition) is 3. The molecule has 0 aromatic heterocycles. The van der Waals surface area contributed by atoms with Gasteiger partial charge >= 0.3 is 6.36 Å². The van der Waals surface area contributed by atoms with Crippen LogP contribution in [-0.2, 0) is 4.79 Å². The molecule has 0 bridgehead atoms. The van der Waals surface area contributed by atoms with E-state index in [4.69, 9.17) is 5.11 Å². The molecule has 0 saturated carbocycles. The van der Waals surface area contributed by atoms with E-state index < -0.39 is 29.9 Å². The van der Waals surface area contributed by atoms with E-state index in [1.54, 1.807) is 0 Å². The molecule has 0 aliphatic carbocycles. The van der Waals surface area contributed by atoms with Crippen molar-refractivity contribution in [1.29, 1.82) is 0 Å². The van der Waals surface area contributed by atoms with Crippen LogP contribution < -0.4 is 10.1 Å². The van der Waals surface area contributed by atoms with Crippen LogP contribution in [0.25, 0.3) is 0 Å². The Bertz CT molecular complexity index is 445. The van der Waals surface area contributed by atoms with Crippen molar-refractivity contribution in [2.45, 2.75) is 19.4 Å². The fourth-order valence-electron chi connectivity index (χ4n) is 1.03. The first-order valence-electron chi connectivity index (χ1n) is 4.73. The second kappa shape index (κ2) is 5.21. The highest BCUT2D eigenvalue weighted by Crippen LogP contribution is 2.27. The average Bonchev–Trinajstić information content (AvgIpc) is 2.20. The van der Waals surface area contributed by atoms with Crippen LogP contribution in [0.1, 0.15) is 6.92 Å². The van der Waals surface area contributed by atoms with Crippen molar-refractivity contribution in [3.8, 4) is 5.75 Å². The molecule has 0 spiro atoms. The van der Waals surface area contributed by atoms with Gasteiger partial charge in [0.25, 0.3) is 5.91 Å². The predicted octanol–water partition coefficient (Wildman–Crippen LogP) is 2.04. The molecule has 8 heteroatoms. The Morgan fingerprint density at radius 2 is 2.06 bits per heavy atom. The molecule has 100 valence electrons. The molecule has 1 aromatic carbocycles. The third-order valence-electron chi connectivity index (χ3n) is 1.80. The lowest BCUT2D eigenvalue weighted by atomic mass is 10.2. The zero-order valence-corrected chi connectivity index (χ0v) is 9.08. The van der Waals surface area contributed by atoms with E-state index in [9.17, 15) is 22.4 Å². The summed E-state index contributed by atoms with van der Waals surface area (Å²) in [7, 11) is 0. The van der Waals surface area contributed by atoms with Gasteiger partial charge in [-0.1, -0.05) is 0 Å². The SMILES string of the molecule is CC(O)C(=O)Nc1ccc(OC(F)(F)F)c(F)c1. The number of nitrogens with one attached hydrogen (secondary N) is 1. The van der Waals surface area contributed by atoms with Gasteiger partial charge in [0.2, 0.25) is 0 Å². The molecule has 18 heavy (non-hydrogen) atoms. The molecule has 4 nitrogen and oxygen atoms in total. The first kappa shape index (κ1) is 14.2. The quantitative estimate of drug-likeness (QED) is 0.824. The van der Waals surface area contributed by atoms with Gasteiger partial charge in [-0.2, -0.15) is 0 Å². The van der Waals surface area contributed by atoms with Gasteiger partial charge in [0, 0.05) is 11.8 Å². The lowest BCUT2D eigenvalue weighted by molar-refractivity contribution is -0.275. The summed E-state index contributed by atoms with van der Waals surface area (Å²) in [5.74, 6) is -3.09. The van der Waals surface area contributed by atoms with Crippen LogP contribution in [-0.4, -0.2) is 23.5 Å². The number of hydrogen-bond donors (Lipinski definition) is 2. The maximum Gasteiger partial charge on any atom is 0.573 e. The maximum absolute atomic E-state index is 13.2. The van der Waals surface area contributed by atoms with Crippen molar-refractivity contribution in [3.05, 3.63) is 24.0 Å². The molecule has 0 aliphatic rings. The van der Waals surface area contributed by atoms with E-state index in [0.717, 1.165) is 12.1 Å². The smallest absolute Gasteiger partial charge is 0.403 e. The first-order valence-corrected chi connectivity index (χ1v) is 4.73. The molecule has 1 rings (SSSR count). The van der Waals surface area contributed by atoms with Gasteiger partial charge in [0.15, 0.2) is 11.6 Å². The predicted molar refractivity (Wildman–Crippen MR) is 53.4 cm³/mol. The molecule has 0 radical (unpaired) electrons. The number of amides is 1. The van der Waals surface area contributed by atoms with E-state index in [1.165, 1.54) is 6.92 Å². The summed E-state index contributed by atoms with van der Waals surface area (Å²) >= 11 is 0. The number of ether oxygens (including phenoxy) is 1. The Balaban J connectivity index is 2.83. The molecule has 0 aliphatic heterocycles. The topological polar surface area (TPSA) is 58.6 Å². The Hall–Kier alpha value is -1.83. The van der Waals surface area contributed by atoms with Crippen LogP contribution in [0.2, 0.25) is 0 Å². The highest BCUT2D eigenvalue weighted by atomic mass is 19.4. The van der Waals surface area contributed by atoms with Gasteiger partial charge in [-0.25, -0.2) is 4.39 Å². The van der Waals surface area contributed by atoms with Crippen molar-refractivity contribution < 1.29 is 32.2 Å². The van der Waals surface area contributed by atoms with Gasteiger partial charge in [-0.05, 0) is 19.1 Å². The summed E-state index contributed by atoms with van der Waals surface area (Å²) in [5, 5.41) is 11.0. The van der Waals surface area contributed by atoms with E-state index in [0.29, 0.717) is 6.07 Å². The standard InChI is InChI=1S/C10H9F4NO3/c1-5(16)9(17)15-6-2-3-8(7(11)4-6)18-10(12,13)14/h2-5,16H,1H3,(H,15,17). The minimum absolute atomic E-state index is 0.0899. The lowest BCUT2D eigenvalue weighted by Gasteiger charge is -2.11. The number of benzene rings is 1. The average molecular weight is 267 g/mol. The molecule has 1 amide bonds. The molecule has 0 fully saturated rings. The monoisotopic (exact) mass is 267 g/mol. The van der Waals surface area contributed by atoms with Crippen LogP contribution in [0.4, 0.5) is 23.2 Å². The Labute approximate surface area is 99.2 Å².